The number of aromatic nitrogens is 3. The number of rotatable bonds is 4. The number of nitrogens with one attached hydrogen (secondary N) is 2. The summed E-state index contributed by atoms with van der Waals surface area (Å²) in [5, 5.41) is 7.19. The molecule has 0 aliphatic carbocycles. The van der Waals surface area contributed by atoms with Gasteiger partial charge >= 0.3 is 0 Å². The summed E-state index contributed by atoms with van der Waals surface area (Å²) in [5.41, 5.74) is 2.19. The third kappa shape index (κ3) is 3.02. The number of H-pyrrole nitrogens is 1. The fourth-order valence-corrected chi connectivity index (χ4v) is 2.53. The monoisotopic (exact) mass is 336 g/mol. The molecule has 114 valence electrons. The molecular formula is C15H14Cl2N4O. The number of nitrogens with zero attached hydrogens (tertiary/aromatic N) is 2. The van der Waals surface area contributed by atoms with Crippen molar-refractivity contribution in [3.63, 3.8) is 0 Å². The molecule has 1 unspecified atom stereocenters. The van der Waals surface area contributed by atoms with Crippen LogP contribution in [0.25, 0.3) is 5.65 Å². The second-order valence-corrected chi connectivity index (χ2v) is 5.83. The number of aromatic amines is 1. The highest BCUT2D eigenvalue weighted by atomic mass is 35.5. The van der Waals surface area contributed by atoms with Crippen molar-refractivity contribution in [2.24, 2.45) is 0 Å². The molecule has 0 aliphatic heterocycles. The first kappa shape index (κ1) is 15.1. The van der Waals surface area contributed by atoms with Gasteiger partial charge in [-0.15, -0.1) is 0 Å². The van der Waals surface area contributed by atoms with Crippen LogP contribution in [-0.4, -0.2) is 14.6 Å². The molecule has 7 heteroatoms. The van der Waals surface area contributed by atoms with Crippen molar-refractivity contribution in [3.05, 3.63) is 68.2 Å². The molecule has 2 aromatic heterocycles. The van der Waals surface area contributed by atoms with E-state index >= 15 is 0 Å². The van der Waals surface area contributed by atoms with Crippen LogP contribution in [0.2, 0.25) is 10.0 Å². The van der Waals surface area contributed by atoms with E-state index in [1.54, 1.807) is 18.3 Å². The molecule has 3 rings (SSSR count). The van der Waals surface area contributed by atoms with Crippen LogP contribution in [0.4, 0.5) is 0 Å². The Morgan fingerprint density at radius 2 is 2.09 bits per heavy atom. The van der Waals surface area contributed by atoms with Crippen LogP contribution in [0.3, 0.4) is 0 Å². The third-order valence-electron chi connectivity index (χ3n) is 3.47. The van der Waals surface area contributed by atoms with E-state index in [1.807, 2.05) is 19.1 Å². The van der Waals surface area contributed by atoms with Crippen molar-refractivity contribution >= 4 is 28.8 Å². The Kier molecular flexibility index (Phi) is 4.20. The van der Waals surface area contributed by atoms with Crippen LogP contribution in [0, 0.1) is 0 Å². The molecule has 0 fully saturated rings. The molecule has 2 heterocycles. The van der Waals surface area contributed by atoms with Gasteiger partial charge in [0.2, 0.25) is 0 Å². The minimum absolute atomic E-state index is 0.0567. The highest BCUT2D eigenvalue weighted by molar-refractivity contribution is 6.42. The van der Waals surface area contributed by atoms with E-state index in [0.717, 1.165) is 5.56 Å². The normalized spacial score (nSPS) is 12.7. The zero-order chi connectivity index (χ0) is 15.7. The molecule has 22 heavy (non-hydrogen) atoms. The van der Waals surface area contributed by atoms with Gasteiger partial charge in [-0.2, -0.15) is 0 Å². The van der Waals surface area contributed by atoms with Crippen molar-refractivity contribution in [2.75, 3.05) is 0 Å². The predicted molar refractivity (Wildman–Crippen MR) is 87.5 cm³/mol. The van der Waals surface area contributed by atoms with Crippen molar-refractivity contribution in [2.45, 2.75) is 19.5 Å². The van der Waals surface area contributed by atoms with E-state index in [2.05, 4.69) is 15.4 Å². The molecule has 0 bridgehead atoms. The summed E-state index contributed by atoms with van der Waals surface area (Å²) in [6, 6.07) is 8.85. The van der Waals surface area contributed by atoms with E-state index in [0.29, 0.717) is 27.9 Å². The Labute approximate surface area is 136 Å². The molecule has 5 nitrogen and oxygen atoms in total. The molecule has 0 aliphatic rings. The number of hydrogen-bond donors (Lipinski definition) is 2. The maximum absolute atomic E-state index is 11.9. The van der Waals surface area contributed by atoms with Crippen molar-refractivity contribution in [1.82, 2.24) is 19.9 Å². The Morgan fingerprint density at radius 1 is 1.27 bits per heavy atom. The van der Waals surface area contributed by atoms with Gasteiger partial charge in [-0.1, -0.05) is 29.3 Å². The van der Waals surface area contributed by atoms with Crippen molar-refractivity contribution < 1.29 is 0 Å². The lowest BCUT2D eigenvalue weighted by atomic mass is 10.1. The van der Waals surface area contributed by atoms with Gasteiger partial charge in [-0.3, -0.25) is 9.89 Å². The van der Waals surface area contributed by atoms with Gasteiger partial charge in [-0.05, 0) is 24.6 Å². The lowest BCUT2D eigenvalue weighted by molar-refractivity contribution is 0.567. The molecule has 2 N–H and O–H groups in total. The molecule has 0 saturated heterocycles. The van der Waals surface area contributed by atoms with Gasteiger partial charge in [0.1, 0.15) is 0 Å². The minimum atomic E-state index is -0.131. The molecule has 0 saturated carbocycles. The second-order valence-electron chi connectivity index (χ2n) is 5.02. The van der Waals surface area contributed by atoms with Gasteiger partial charge in [0.15, 0.2) is 5.65 Å². The highest BCUT2D eigenvalue weighted by Crippen LogP contribution is 2.25. The largest absolute Gasteiger partial charge is 0.305 e. The predicted octanol–water partition coefficient (Wildman–Crippen LogP) is 3.18. The lowest BCUT2D eigenvalue weighted by Gasteiger charge is -2.14. The Morgan fingerprint density at radius 3 is 2.86 bits per heavy atom. The number of benzene rings is 1. The maximum atomic E-state index is 11.9. The third-order valence-corrected chi connectivity index (χ3v) is 4.21. The fraction of sp³-hybridized carbons (Fsp3) is 0.200. The Hall–Kier alpha value is -1.82. The topological polar surface area (TPSA) is 62.2 Å². The number of hydrogen-bond acceptors (Lipinski definition) is 3. The summed E-state index contributed by atoms with van der Waals surface area (Å²) in [6.07, 6.45) is 1.68. The van der Waals surface area contributed by atoms with Gasteiger partial charge < -0.3 is 5.32 Å². The van der Waals surface area contributed by atoms with Crippen LogP contribution < -0.4 is 10.9 Å². The molecule has 1 aromatic carbocycles. The van der Waals surface area contributed by atoms with Gasteiger partial charge in [0.05, 0.1) is 15.7 Å². The van der Waals surface area contributed by atoms with Crippen LogP contribution in [-0.2, 0) is 6.54 Å². The highest BCUT2D eigenvalue weighted by Gasteiger charge is 2.09. The van der Waals surface area contributed by atoms with Gasteiger partial charge in [-0.25, -0.2) is 9.50 Å². The summed E-state index contributed by atoms with van der Waals surface area (Å²) in [4.78, 5) is 16.3. The van der Waals surface area contributed by atoms with Crippen LogP contribution in [0.5, 0.6) is 0 Å². The molecule has 1 atom stereocenters. The van der Waals surface area contributed by atoms with Crippen LogP contribution >= 0.6 is 23.2 Å². The van der Waals surface area contributed by atoms with E-state index in [-0.39, 0.29) is 11.6 Å². The summed E-state index contributed by atoms with van der Waals surface area (Å²) in [7, 11) is 0. The average Bonchev–Trinajstić information content (AvgIpc) is 2.96. The average molecular weight is 337 g/mol. The first-order valence-electron chi connectivity index (χ1n) is 6.79. The SMILES string of the molecule is CC(NCc1cc(=O)n2[nH]ccc2n1)c1ccc(Cl)c(Cl)c1. The van der Waals surface area contributed by atoms with E-state index < -0.39 is 0 Å². The summed E-state index contributed by atoms with van der Waals surface area (Å²) in [6.45, 7) is 2.50. The molecular weight excluding hydrogens is 323 g/mol. The maximum Gasteiger partial charge on any atom is 0.272 e. The minimum Gasteiger partial charge on any atom is -0.305 e. The molecule has 3 aromatic rings. The quantitative estimate of drug-likeness (QED) is 0.769. The van der Waals surface area contributed by atoms with Crippen LogP contribution in [0.1, 0.15) is 24.2 Å². The Bertz CT molecular complexity index is 871. The fourth-order valence-electron chi connectivity index (χ4n) is 2.23. The smallest absolute Gasteiger partial charge is 0.272 e. The number of halogens is 2. The first-order valence-corrected chi connectivity index (χ1v) is 7.54. The lowest BCUT2D eigenvalue weighted by Crippen LogP contribution is -2.22. The summed E-state index contributed by atoms with van der Waals surface area (Å²) < 4.78 is 1.39. The Balaban J connectivity index is 1.75. The van der Waals surface area contributed by atoms with Gasteiger partial charge in [0.25, 0.3) is 5.56 Å². The van der Waals surface area contributed by atoms with Gasteiger partial charge in [0, 0.05) is 30.9 Å². The number of fused-ring (bicyclic) bond motifs is 1. The van der Waals surface area contributed by atoms with E-state index in [9.17, 15) is 4.79 Å². The van der Waals surface area contributed by atoms with E-state index in [4.69, 9.17) is 23.2 Å². The van der Waals surface area contributed by atoms with Crippen LogP contribution in [0.15, 0.2) is 41.3 Å². The molecule has 0 amide bonds. The van der Waals surface area contributed by atoms with E-state index in [1.165, 1.54) is 10.6 Å². The summed E-state index contributed by atoms with van der Waals surface area (Å²) in [5.74, 6) is 0. The standard InChI is InChI=1S/C15H14Cl2N4O/c1-9(10-2-3-12(16)13(17)6-10)18-8-11-7-15(22)21-14(20-11)4-5-19-21/h2-7,9,18-19H,8H2,1H3. The van der Waals surface area contributed by atoms with Crippen molar-refractivity contribution in [1.29, 1.82) is 0 Å². The molecule has 0 spiro atoms. The first-order chi connectivity index (χ1) is 10.5. The summed E-state index contributed by atoms with van der Waals surface area (Å²) >= 11 is 11.9. The van der Waals surface area contributed by atoms with Crippen molar-refractivity contribution in [3.8, 4) is 0 Å². The second kappa shape index (κ2) is 6.12. The molecule has 0 radical (unpaired) electrons. The zero-order valence-corrected chi connectivity index (χ0v) is 13.3. The zero-order valence-electron chi connectivity index (χ0n) is 11.8.